The number of carboxylic acid groups (broad SMARTS) is 2. The van der Waals surface area contributed by atoms with Crippen LogP contribution in [0, 0.1) is 0 Å². The van der Waals surface area contributed by atoms with Gasteiger partial charge < -0.3 is 122 Å². The third-order valence-electron chi connectivity index (χ3n) is 12.1. The molecular weight excluding hydrogens is 918 g/mol. The van der Waals surface area contributed by atoms with Crippen LogP contribution in [0.2, 0.25) is 0 Å². The van der Waals surface area contributed by atoms with E-state index in [0.717, 1.165) is 7.11 Å². The van der Waals surface area contributed by atoms with Crippen molar-refractivity contribution in [3.05, 3.63) is 10.4 Å². The molecule has 0 radical (unpaired) electrons. The van der Waals surface area contributed by atoms with Crippen molar-refractivity contribution in [3.63, 3.8) is 0 Å². The van der Waals surface area contributed by atoms with Crippen molar-refractivity contribution in [1.29, 1.82) is 0 Å². The van der Waals surface area contributed by atoms with E-state index < -0.39 is 185 Å². The van der Waals surface area contributed by atoms with Crippen LogP contribution in [0.15, 0.2) is 5.11 Å². The van der Waals surface area contributed by atoms with Gasteiger partial charge in [0.25, 0.3) is 0 Å². The van der Waals surface area contributed by atoms with Gasteiger partial charge in [0.05, 0.1) is 25.9 Å². The van der Waals surface area contributed by atoms with Crippen LogP contribution < -0.4 is 0 Å². The molecule has 5 heterocycles. The zero-order valence-corrected chi connectivity index (χ0v) is 37.3. The van der Waals surface area contributed by atoms with Gasteiger partial charge in [0.15, 0.2) is 43.7 Å². The summed E-state index contributed by atoms with van der Waals surface area (Å²) in [6.45, 7) is -2.32. The van der Waals surface area contributed by atoms with E-state index in [9.17, 15) is 61.1 Å². The van der Waals surface area contributed by atoms with Gasteiger partial charge in [-0.05, 0) is 5.53 Å². The van der Waals surface area contributed by atoms with E-state index >= 15 is 0 Å². The van der Waals surface area contributed by atoms with Crippen molar-refractivity contribution in [2.45, 2.75) is 153 Å². The summed E-state index contributed by atoms with van der Waals surface area (Å²) in [5.74, 6) is -3.31. The predicted molar refractivity (Wildman–Crippen MR) is 208 cm³/mol. The Morgan fingerprint density at radius 3 is 1.18 bits per heavy atom. The molecule has 5 aliphatic rings. The highest BCUT2D eigenvalue weighted by molar-refractivity contribution is 5.74. The van der Waals surface area contributed by atoms with Gasteiger partial charge in [-0.1, -0.05) is 5.11 Å². The summed E-state index contributed by atoms with van der Waals surface area (Å²) in [7, 11) is 8.44. The third kappa shape index (κ3) is 11.4. The van der Waals surface area contributed by atoms with E-state index in [1.807, 2.05) is 0 Å². The summed E-state index contributed by atoms with van der Waals surface area (Å²) in [6.07, 6.45) is -38.6. The normalized spacial score (nSPS) is 46.1. The first-order valence-electron chi connectivity index (χ1n) is 20.7. The highest BCUT2D eigenvalue weighted by atomic mass is 16.8. The standard InChI is InChI=1S/C37H61N3O27/c1-52-21-13(10-43)59-33(14(39-40-38)22(21)53-2)64-25-23(54-3)29(56-5)36(66-27(25)31(48)49)63-20-12(9-42)61-35(18(47)16(20)45)65-26-24(55-4)30(57-6)37(67-28(26)32(50)51)62-19-11(8-41)60-34(58-7)17(46)15(19)44/h11-30,33-37,41-47H,8-10H2,1-7H3,(H,48,49)(H,50,51)/t11?,12-,13?,14?,15+,16?,17?,18?,19+,20+,21+,22+,23-,24?,25-,26-,27?,28+,29?,30?,33+,34-,35+,36+,37+/m0/s1. The van der Waals surface area contributed by atoms with Crippen LogP contribution in [-0.2, 0) is 85.4 Å². The topological polar surface area (TPSA) is 413 Å². The lowest BCUT2D eigenvalue weighted by molar-refractivity contribution is -0.389. The Morgan fingerprint density at radius 1 is 0.448 bits per heavy atom. The maximum Gasteiger partial charge on any atom is 0.335 e. The summed E-state index contributed by atoms with van der Waals surface area (Å²) in [4.78, 5) is 28.4. The number of nitrogens with zero attached hydrogens (tertiary/aromatic N) is 3. The monoisotopic (exact) mass is 979 g/mol. The quantitative estimate of drug-likeness (QED) is 0.0294. The lowest BCUT2D eigenvalue weighted by Gasteiger charge is -2.50. The second-order valence-corrected chi connectivity index (χ2v) is 15.7. The molecule has 0 amide bonds. The SMILES string of the molecule is COC1C(OC)[C@H](O[C@H]2O[C@@H](CO)[C@@H](O[C@@H]3OC(C(=O)O)[C@@H](O[C@H]4OC(CO)[C@@H](OC)[C@H](OC)C4N=[N+]=[N-])[C@H](OC)C3OC)C(O)C2O)[C@H](C(=O)O)O[C@H]1O[C@@H]1C(CO)O[C@H](OC)C(O)[C@H]1O. The molecule has 5 saturated heterocycles. The fraction of sp³-hybridized carbons (Fsp3) is 0.946. The Kier molecular flexibility index (Phi) is 20.6. The van der Waals surface area contributed by atoms with Crippen LogP contribution in [0.25, 0.3) is 10.4 Å². The van der Waals surface area contributed by atoms with Gasteiger partial charge in [-0.2, -0.15) is 0 Å². The Hall–Kier alpha value is -2.67. The van der Waals surface area contributed by atoms with Crippen molar-refractivity contribution in [2.24, 2.45) is 5.11 Å². The number of hydrogen-bond donors (Lipinski definition) is 9. The molecule has 0 spiro atoms. The molecule has 5 rings (SSSR count). The maximum atomic E-state index is 12.8. The minimum atomic E-state index is -2.12. The van der Waals surface area contributed by atoms with Crippen molar-refractivity contribution in [3.8, 4) is 0 Å². The lowest BCUT2D eigenvalue weighted by atomic mass is 9.94. The molecule has 0 aromatic rings. The highest BCUT2D eigenvalue weighted by Gasteiger charge is 2.59. The molecule has 0 aromatic carbocycles. The number of azide groups is 1. The second-order valence-electron chi connectivity index (χ2n) is 15.7. The Balaban J connectivity index is 1.35. The molecule has 30 heteroatoms. The van der Waals surface area contributed by atoms with E-state index in [2.05, 4.69) is 10.0 Å². The van der Waals surface area contributed by atoms with E-state index in [1.54, 1.807) is 0 Å². The molecule has 5 aliphatic heterocycles. The largest absolute Gasteiger partial charge is 0.479 e. The average Bonchev–Trinajstić information content (AvgIpc) is 3.32. The first-order chi connectivity index (χ1) is 32.1. The molecule has 10 unspecified atom stereocenters. The van der Waals surface area contributed by atoms with Crippen LogP contribution >= 0.6 is 0 Å². The van der Waals surface area contributed by atoms with E-state index in [0.29, 0.717) is 0 Å². The smallest absolute Gasteiger partial charge is 0.335 e. The number of rotatable bonds is 21. The first-order valence-corrected chi connectivity index (χ1v) is 20.7. The molecule has 67 heavy (non-hydrogen) atoms. The number of aliphatic carboxylic acids is 2. The molecule has 386 valence electrons. The van der Waals surface area contributed by atoms with Crippen molar-refractivity contribution in [1.82, 2.24) is 0 Å². The molecule has 30 nitrogen and oxygen atoms in total. The minimum absolute atomic E-state index is 0.618. The van der Waals surface area contributed by atoms with Crippen molar-refractivity contribution in [2.75, 3.05) is 69.6 Å². The predicted octanol–water partition coefficient (Wildman–Crippen LogP) is -5.84. The van der Waals surface area contributed by atoms with Gasteiger partial charge in [-0.15, -0.1) is 0 Å². The van der Waals surface area contributed by atoms with Gasteiger partial charge in [0, 0.05) is 54.7 Å². The summed E-state index contributed by atoms with van der Waals surface area (Å²) in [6, 6.07) is -1.31. The summed E-state index contributed by atoms with van der Waals surface area (Å²) < 4.78 is 91.1. The maximum absolute atomic E-state index is 12.8. The highest BCUT2D eigenvalue weighted by Crippen LogP contribution is 2.38. The average molecular weight is 980 g/mol. The summed E-state index contributed by atoms with van der Waals surface area (Å²) >= 11 is 0. The Bertz CT molecular complexity index is 1620. The van der Waals surface area contributed by atoms with Crippen LogP contribution in [0.4, 0.5) is 0 Å². The number of methoxy groups -OCH3 is 7. The van der Waals surface area contributed by atoms with Gasteiger partial charge in [0.2, 0.25) is 0 Å². The van der Waals surface area contributed by atoms with Crippen LogP contribution in [0.5, 0.6) is 0 Å². The molecule has 0 aliphatic carbocycles. The number of aliphatic hydroxyl groups is 7. The lowest BCUT2D eigenvalue weighted by Crippen LogP contribution is -2.69. The first kappa shape index (κ1) is 55.3. The van der Waals surface area contributed by atoms with Crippen LogP contribution in [-0.4, -0.2) is 281 Å². The van der Waals surface area contributed by atoms with Crippen LogP contribution in [0.3, 0.4) is 0 Å². The van der Waals surface area contributed by atoms with E-state index in [1.165, 1.54) is 42.7 Å². The summed E-state index contributed by atoms with van der Waals surface area (Å²) in [5, 5.41) is 99.4. The van der Waals surface area contributed by atoms with E-state index in [-0.39, 0.29) is 0 Å². The Morgan fingerprint density at radius 2 is 0.806 bits per heavy atom. The fourth-order valence-corrected chi connectivity index (χ4v) is 8.83. The van der Waals surface area contributed by atoms with Crippen LogP contribution in [0.1, 0.15) is 0 Å². The number of ether oxygens (including phenoxy) is 16. The van der Waals surface area contributed by atoms with Gasteiger partial charge in [-0.3, -0.25) is 0 Å². The number of aliphatic hydroxyl groups excluding tert-OH is 7. The molecule has 25 atom stereocenters. The number of hydrogen-bond acceptors (Lipinski definition) is 26. The third-order valence-corrected chi connectivity index (χ3v) is 12.1. The molecule has 0 saturated carbocycles. The molecule has 0 aromatic heterocycles. The van der Waals surface area contributed by atoms with Gasteiger partial charge in [0.1, 0.15) is 104 Å². The number of carboxylic acids is 2. The fourth-order valence-electron chi connectivity index (χ4n) is 8.83. The zero-order chi connectivity index (χ0) is 49.4. The molecule has 5 fully saturated rings. The van der Waals surface area contributed by atoms with Crippen molar-refractivity contribution < 1.29 is 131 Å². The summed E-state index contributed by atoms with van der Waals surface area (Å²) in [5.41, 5.74) is 9.38. The molecule has 0 bridgehead atoms. The minimum Gasteiger partial charge on any atom is -0.479 e. The Labute approximate surface area is 381 Å². The van der Waals surface area contributed by atoms with Gasteiger partial charge in [-0.25, -0.2) is 9.59 Å². The second kappa shape index (κ2) is 24.9. The van der Waals surface area contributed by atoms with Crippen molar-refractivity contribution >= 4 is 11.9 Å². The zero-order valence-electron chi connectivity index (χ0n) is 37.3. The molecule has 9 N–H and O–H groups in total. The van der Waals surface area contributed by atoms with E-state index in [4.69, 9.17) is 75.8 Å². The number of carbonyl (C=O) groups is 2. The molecular formula is C37H61N3O27. The van der Waals surface area contributed by atoms with Gasteiger partial charge >= 0.3 is 11.9 Å².